The molecule has 1 aromatic heterocycles. The molecule has 6 nitrogen and oxygen atoms in total. The fourth-order valence-corrected chi connectivity index (χ4v) is 3.27. The first-order valence-electron chi connectivity index (χ1n) is 9.03. The molecular weight excluding hydrogens is 388 g/mol. The SMILES string of the molecule is COCCn1c(C)cc(/C=C(\C#N)C(=O)OCC(=O)c2ccc(SC)cc2)c1C. The number of aryl methyl sites for hydroxylation is 1. The van der Waals surface area contributed by atoms with Gasteiger partial charge in [0.2, 0.25) is 0 Å². The number of ketones is 1. The fraction of sp³-hybridized carbons (Fsp3) is 0.318. The van der Waals surface area contributed by atoms with Crippen molar-refractivity contribution >= 4 is 29.6 Å². The zero-order valence-corrected chi connectivity index (χ0v) is 17.8. The van der Waals surface area contributed by atoms with E-state index in [1.54, 1.807) is 31.0 Å². The Bertz CT molecular complexity index is 952. The third kappa shape index (κ3) is 5.83. The van der Waals surface area contributed by atoms with Gasteiger partial charge < -0.3 is 14.0 Å². The molecular formula is C22H24N2O4S. The van der Waals surface area contributed by atoms with Crippen LogP contribution in [0.15, 0.2) is 40.8 Å². The lowest BCUT2D eigenvalue weighted by atomic mass is 10.1. The first-order chi connectivity index (χ1) is 13.9. The number of carbonyl (C=O) groups is 2. The molecule has 0 atom stereocenters. The number of esters is 1. The number of ether oxygens (including phenoxy) is 2. The van der Waals surface area contributed by atoms with Crippen LogP contribution in [0, 0.1) is 25.2 Å². The predicted molar refractivity (Wildman–Crippen MR) is 113 cm³/mol. The van der Waals surface area contributed by atoms with Gasteiger partial charge in [0.1, 0.15) is 11.6 Å². The summed E-state index contributed by atoms with van der Waals surface area (Å²) in [4.78, 5) is 25.6. The highest BCUT2D eigenvalue weighted by Crippen LogP contribution is 2.19. The van der Waals surface area contributed by atoms with Gasteiger partial charge in [-0.15, -0.1) is 11.8 Å². The Morgan fingerprint density at radius 1 is 1.24 bits per heavy atom. The molecule has 29 heavy (non-hydrogen) atoms. The van der Waals surface area contributed by atoms with Crippen molar-refractivity contribution in [3.05, 3.63) is 58.4 Å². The van der Waals surface area contributed by atoms with Crippen LogP contribution in [0.3, 0.4) is 0 Å². The maximum Gasteiger partial charge on any atom is 0.349 e. The van der Waals surface area contributed by atoms with Gasteiger partial charge in [-0.1, -0.05) is 12.1 Å². The average Bonchev–Trinajstić information content (AvgIpc) is 3.00. The van der Waals surface area contributed by atoms with Crippen LogP contribution in [0.1, 0.15) is 27.3 Å². The molecule has 0 saturated heterocycles. The molecule has 0 radical (unpaired) electrons. The van der Waals surface area contributed by atoms with Gasteiger partial charge in [-0.05, 0) is 49.9 Å². The molecule has 1 heterocycles. The van der Waals surface area contributed by atoms with Crippen molar-refractivity contribution in [2.75, 3.05) is 26.6 Å². The molecule has 0 bridgehead atoms. The van der Waals surface area contributed by atoms with Crippen LogP contribution >= 0.6 is 11.8 Å². The van der Waals surface area contributed by atoms with Crippen LogP contribution in [-0.4, -0.2) is 42.9 Å². The summed E-state index contributed by atoms with van der Waals surface area (Å²) in [5, 5.41) is 9.37. The van der Waals surface area contributed by atoms with Crippen LogP contribution in [0.25, 0.3) is 6.08 Å². The van der Waals surface area contributed by atoms with Crippen LogP contribution < -0.4 is 0 Å². The number of nitrogens with zero attached hydrogens (tertiary/aromatic N) is 2. The predicted octanol–water partition coefficient (Wildman–Crippen LogP) is 3.81. The topological polar surface area (TPSA) is 81.3 Å². The Morgan fingerprint density at radius 2 is 1.93 bits per heavy atom. The summed E-state index contributed by atoms with van der Waals surface area (Å²) >= 11 is 1.57. The first kappa shape index (κ1) is 22.5. The molecule has 1 aromatic carbocycles. The molecule has 0 N–H and O–H groups in total. The van der Waals surface area contributed by atoms with E-state index >= 15 is 0 Å². The largest absolute Gasteiger partial charge is 0.453 e. The number of methoxy groups -OCH3 is 1. The summed E-state index contributed by atoms with van der Waals surface area (Å²) in [6.07, 6.45) is 3.44. The zero-order chi connectivity index (χ0) is 21.4. The molecule has 0 amide bonds. The monoisotopic (exact) mass is 412 g/mol. The van der Waals surface area contributed by atoms with Crippen molar-refractivity contribution in [1.29, 1.82) is 5.26 Å². The second-order valence-electron chi connectivity index (χ2n) is 6.37. The third-order valence-corrected chi connectivity index (χ3v) is 5.26. The number of nitriles is 1. The standard InChI is InChI=1S/C22H24N2O4S/c1-15-11-18(16(2)24(15)9-10-27-3)12-19(13-23)22(26)28-14-21(25)17-5-7-20(29-4)8-6-17/h5-8,11-12H,9-10,14H2,1-4H3/b19-12+. The van der Waals surface area contributed by atoms with Gasteiger partial charge in [0.05, 0.1) is 6.61 Å². The van der Waals surface area contributed by atoms with Crippen molar-refractivity contribution in [2.45, 2.75) is 25.3 Å². The number of aromatic nitrogens is 1. The lowest BCUT2D eigenvalue weighted by Gasteiger charge is -2.08. The van der Waals surface area contributed by atoms with Crippen molar-refractivity contribution in [3.63, 3.8) is 0 Å². The van der Waals surface area contributed by atoms with Crippen molar-refractivity contribution in [1.82, 2.24) is 4.57 Å². The van der Waals surface area contributed by atoms with Crippen molar-refractivity contribution in [3.8, 4) is 6.07 Å². The normalized spacial score (nSPS) is 11.2. The average molecular weight is 413 g/mol. The molecule has 0 spiro atoms. The highest BCUT2D eigenvalue weighted by molar-refractivity contribution is 7.98. The fourth-order valence-electron chi connectivity index (χ4n) is 2.86. The molecule has 2 rings (SSSR count). The molecule has 0 saturated carbocycles. The number of thioether (sulfide) groups is 1. The Kier molecular flexibility index (Phi) is 8.25. The number of hydrogen-bond donors (Lipinski definition) is 0. The maximum absolute atomic E-state index is 12.3. The third-order valence-electron chi connectivity index (χ3n) is 4.52. The van der Waals surface area contributed by atoms with Gasteiger partial charge in [0, 0.05) is 35.5 Å². The van der Waals surface area contributed by atoms with Crippen LogP contribution in [0.2, 0.25) is 0 Å². The Balaban J connectivity index is 2.08. The van der Waals surface area contributed by atoms with E-state index in [-0.39, 0.29) is 11.4 Å². The van der Waals surface area contributed by atoms with Gasteiger partial charge in [0.15, 0.2) is 12.4 Å². The zero-order valence-electron chi connectivity index (χ0n) is 17.0. The summed E-state index contributed by atoms with van der Waals surface area (Å²) in [7, 11) is 1.64. The number of carbonyl (C=O) groups excluding carboxylic acids is 2. The van der Waals surface area contributed by atoms with Crippen molar-refractivity contribution in [2.24, 2.45) is 0 Å². The summed E-state index contributed by atoms with van der Waals surface area (Å²) in [5.74, 6) is -1.13. The highest BCUT2D eigenvalue weighted by atomic mass is 32.2. The van der Waals surface area contributed by atoms with E-state index < -0.39 is 12.6 Å². The first-order valence-corrected chi connectivity index (χ1v) is 10.3. The number of Topliss-reactive ketones (excluding diaryl/α,β-unsaturated/α-hetero) is 1. The van der Waals surface area contributed by atoms with Crippen LogP contribution in [-0.2, 0) is 20.8 Å². The number of rotatable bonds is 9. The molecule has 0 aliphatic carbocycles. The Morgan fingerprint density at radius 3 is 2.52 bits per heavy atom. The van der Waals surface area contributed by atoms with E-state index in [2.05, 4.69) is 4.57 Å². The van der Waals surface area contributed by atoms with Gasteiger partial charge >= 0.3 is 5.97 Å². The number of hydrogen-bond acceptors (Lipinski definition) is 6. The van der Waals surface area contributed by atoms with Crippen LogP contribution in [0.4, 0.5) is 0 Å². The minimum Gasteiger partial charge on any atom is -0.453 e. The quantitative estimate of drug-likeness (QED) is 0.205. The molecule has 0 unspecified atom stereocenters. The second-order valence-corrected chi connectivity index (χ2v) is 7.25. The molecule has 152 valence electrons. The number of benzene rings is 1. The van der Waals surface area contributed by atoms with E-state index in [0.717, 1.165) is 21.8 Å². The molecule has 7 heteroatoms. The maximum atomic E-state index is 12.3. The highest BCUT2D eigenvalue weighted by Gasteiger charge is 2.16. The van der Waals surface area contributed by atoms with Gasteiger partial charge in [-0.3, -0.25) is 4.79 Å². The van der Waals surface area contributed by atoms with Gasteiger partial charge in [-0.25, -0.2) is 4.79 Å². The molecule has 2 aromatic rings. The van der Waals surface area contributed by atoms with E-state index in [1.807, 2.05) is 44.4 Å². The lowest BCUT2D eigenvalue weighted by molar-refractivity contribution is -0.137. The smallest absolute Gasteiger partial charge is 0.349 e. The molecule has 0 aliphatic rings. The minimum atomic E-state index is -0.816. The second kappa shape index (κ2) is 10.6. The summed E-state index contributed by atoms with van der Waals surface area (Å²) < 4.78 is 12.2. The Hall–Kier alpha value is -2.82. The summed E-state index contributed by atoms with van der Waals surface area (Å²) in [5.41, 5.74) is 2.98. The Labute approximate surface area is 175 Å². The van der Waals surface area contributed by atoms with E-state index in [0.29, 0.717) is 18.7 Å². The van der Waals surface area contributed by atoms with E-state index in [1.165, 1.54) is 6.08 Å². The summed E-state index contributed by atoms with van der Waals surface area (Å²) in [6.45, 7) is 4.69. The van der Waals surface area contributed by atoms with Crippen molar-refractivity contribution < 1.29 is 19.1 Å². The molecule has 0 fully saturated rings. The van der Waals surface area contributed by atoms with Gasteiger partial charge in [-0.2, -0.15) is 5.26 Å². The minimum absolute atomic E-state index is 0.150. The molecule has 0 aliphatic heterocycles. The van der Waals surface area contributed by atoms with E-state index in [4.69, 9.17) is 9.47 Å². The lowest BCUT2D eigenvalue weighted by Crippen LogP contribution is -2.15. The van der Waals surface area contributed by atoms with Crippen LogP contribution in [0.5, 0.6) is 0 Å². The van der Waals surface area contributed by atoms with E-state index in [9.17, 15) is 14.9 Å². The summed E-state index contributed by atoms with van der Waals surface area (Å²) in [6, 6.07) is 10.8. The van der Waals surface area contributed by atoms with Gasteiger partial charge in [0.25, 0.3) is 0 Å².